The predicted molar refractivity (Wildman–Crippen MR) is 83.0 cm³/mol. The third-order valence-electron chi connectivity index (χ3n) is 4.12. The minimum atomic E-state index is -0.194. The number of guanidine groups is 1. The fourth-order valence-corrected chi connectivity index (χ4v) is 3.07. The molecule has 1 unspecified atom stereocenters. The van der Waals surface area contributed by atoms with Crippen molar-refractivity contribution in [3.8, 4) is 0 Å². The van der Waals surface area contributed by atoms with Gasteiger partial charge >= 0.3 is 0 Å². The summed E-state index contributed by atoms with van der Waals surface area (Å²) in [6, 6.07) is 0. The van der Waals surface area contributed by atoms with Gasteiger partial charge in [-0.2, -0.15) is 0 Å². The lowest BCUT2D eigenvalue weighted by molar-refractivity contribution is 0.187. The van der Waals surface area contributed by atoms with Crippen molar-refractivity contribution >= 4 is 5.96 Å². The zero-order valence-electron chi connectivity index (χ0n) is 13.0. The average molecular weight is 282 g/mol. The van der Waals surface area contributed by atoms with Crippen LogP contribution >= 0.6 is 0 Å². The fourth-order valence-electron chi connectivity index (χ4n) is 3.07. The molecule has 0 bridgehead atoms. The molecule has 2 atom stereocenters. The lowest BCUT2D eigenvalue weighted by Crippen LogP contribution is -2.41. The normalized spacial score (nSPS) is 26.2. The first kappa shape index (κ1) is 15.6. The van der Waals surface area contributed by atoms with Crippen LogP contribution in [-0.4, -0.2) is 72.8 Å². The molecule has 2 aliphatic heterocycles. The molecule has 2 N–H and O–H groups in total. The van der Waals surface area contributed by atoms with Gasteiger partial charge in [-0.3, -0.25) is 4.99 Å². The number of nitrogens with zero attached hydrogens (tertiary/aromatic N) is 3. The Hall–Kier alpha value is -0.810. The van der Waals surface area contributed by atoms with Gasteiger partial charge in [0, 0.05) is 32.7 Å². The Bertz CT molecular complexity index is 315. The maximum Gasteiger partial charge on any atom is 0.194 e. The first-order chi connectivity index (χ1) is 9.69. The van der Waals surface area contributed by atoms with Crippen LogP contribution in [0.5, 0.6) is 0 Å². The van der Waals surface area contributed by atoms with E-state index >= 15 is 0 Å². The summed E-state index contributed by atoms with van der Waals surface area (Å²) in [4.78, 5) is 9.49. The molecule has 0 radical (unpaired) electrons. The van der Waals surface area contributed by atoms with Crippen molar-refractivity contribution in [2.24, 2.45) is 10.9 Å². The largest absolute Gasteiger partial charge is 0.391 e. The van der Waals surface area contributed by atoms with E-state index in [-0.39, 0.29) is 6.10 Å². The predicted octanol–water partition coefficient (Wildman–Crippen LogP) is 0.750. The van der Waals surface area contributed by atoms with Gasteiger partial charge < -0.3 is 20.2 Å². The zero-order chi connectivity index (χ0) is 14.4. The van der Waals surface area contributed by atoms with Crippen molar-refractivity contribution in [1.82, 2.24) is 15.1 Å². The molecule has 116 valence electrons. The molecule has 0 aromatic carbocycles. The van der Waals surface area contributed by atoms with Crippen LogP contribution in [0.3, 0.4) is 0 Å². The molecule has 5 nitrogen and oxygen atoms in total. The summed E-state index contributed by atoms with van der Waals surface area (Å²) in [5.41, 5.74) is 0. The molecule has 0 aliphatic carbocycles. The van der Waals surface area contributed by atoms with Crippen LogP contribution in [0.1, 0.15) is 33.1 Å². The Morgan fingerprint density at radius 3 is 2.70 bits per heavy atom. The Labute approximate surface area is 123 Å². The Balaban J connectivity index is 1.81. The highest BCUT2D eigenvalue weighted by Crippen LogP contribution is 2.12. The Morgan fingerprint density at radius 1 is 1.35 bits per heavy atom. The van der Waals surface area contributed by atoms with Crippen molar-refractivity contribution in [3.05, 3.63) is 0 Å². The van der Waals surface area contributed by atoms with E-state index in [1.54, 1.807) is 0 Å². The minimum Gasteiger partial charge on any atom is -0.391 e. The number of aliphatic hydroxyl groups is 1. The zero-order valence-corrected chi connectivity index (χ0v) is 13.0. The van der Waals surface area contributed by atoms with Crippen molar-refractivity contribution in [2.45, 2.75) is 39.2 Å². The average Bonchev–Trinajstić information content (AvgIpc) is 3.06. The molecule has 5 heteroatoms. The molecular formula is C15H30N4O. The summed E-state index contributed by atoms with van der Waals surface area (Å²) in [5.74, 6) is 1.56. The van der Waals surface area contributed by atoms with Crippen LogP contribution in [0.4, 0.5) is 0 Å². The molecule has 0 aromatic rings. The second kappa shape index (κ2) is 7.84. The van der Waals surface area contributed by atoms with E-state index in [4.69, 9.17) is 4.99 Å². The number of nitrogens with one attached hydrogen (secondary N) is 1. The molecule has 2 saturated heterocycles. The van der Waals surface area contributed by atoms with Crippen LogP contribution in [0.15, 0.2) is 4.99 Å². The molecule has 2 heterocycles. The van der Waals surface area contributed by atoms with E-state index in [1.165, 1.54) is 25.9 Å². The van der Waals surface area contributed by atoms with Crippen molar-refractivity contribution < 1.29 is 5.11 Å². The van der Waals surface area contributed by atoms with Gasteiger partial charge in [0.2, 0.25) is 0 Å². The van der Waals surface area contributed by atoms with Crippen LogP contribution in [0.25, 0.3) is 0 Å². The summed E-state index contributed by atoms with van der Waals surface area (Å²) >= 11 is 0. The maximum atomic E-state index is 9.65. The van der Waals surface area contributed by atoms with Crippen molar-refractivity contribution in [3.63, 3.8) is 0 Å². The fraction of sp³-hybridized carbons (Fsp3) is 0.933. The van der Waals surface area contributed by atoms with Crippen molar-refractivity contribution in [1.29, 1.82) is 0 Å². The van der Waals surface area contributed by atoms with Crippen LogP contribution in [0.2, 0.25) is 0 Å². The minimum absolute atomic E-state index is 0.194. The highest BCUT2D eigenvalue weighted by molar-refractivity contribution is 5.80. The molecule has 0 aromatic heterocycles. The third-order valence-corrected chi connectivity index (χ3v) is 4.12. The first-order valence-corrected chi connectivity index (χ1v) is 8.12. The van der Waals surface area contributed by atoms with Crippen molar-refractivity contribution in [2.75, 3.05) is 45.8 Å². The number of rotatable bonds is 5. The molecule has 0 amide bonds. The summed E-state index contributed by atoms with van der Waals surface area (Å²) in [7, 11) is 0. The lowest BCUT2D eigenvalue weighted by Gasteiger charge is -2.23. The SMILES string of the molecule is CCNC(=NCC(C)CN1CCCC1)N1CC[C@@H](O)C1. The smallest absolute Gasteiger partial charge is 0.194 e. The molecule has 2 fully saturated rings. The van der Waals surface area contributed by atoms with Gasteiger partial charge in [0.1, 0.15) is 0 Å². The molecule has 0 spiro atoms. The number of hydrogen-bond acceptors (Lipinski definition) is 3. The van der Waals surface area contributed by atoms with E-state index in [1.807, 2.05) is 0 Å². The van der Waals surface area contributed by atoms with E-state index in [2.05, 4.69) is 29.0 Å². The number of aliphatic imine (C=N–C) groups is 1. The number of β-amino-alcohol motifs (C(OH)–C–C–N with tert-alkyl or cyclic N) is 1. The Kier molecular flexibility index (Phi) is 6.10. The van der Waals surface area contributed by atoms with Crippen LogP contribution < -0.4 is 5.32 Å². The number of hydrogen-bond donors (Lipinski definition) is 2. The summed E-state index contributed by atoms with van der Waals surface area (Å²) in [6.45, 7) is 11.4. The molecular weight excluding hydrogens is 252 g/mol. The van der Waals surface area contributed by atoms with E-state index in [0.29, 0.717) is 12.5 Å². The van der Waals surface area contributed by atoms with Gasteiger partial charge in [-0.15, -0.1) is 0 Å². The third kappa shape index (κ3) is 4.63. The number of aliphatic hydroxyl groups excluding tert-OH is 1. The Morgan fingerprint density at radius 2 is 2.10 bits per heavy atom. The molecule has 2 aliphatic rings. The summed E-state index contributed by atoms with van der Waals surface area (Å²) in [6.07, 6.45) is 3.36. The van der Waals surface area contributed by atoms with Gasteiger partial charge in [0.15, 0.2) is 5.96 Å². The highest BCUT2D eigenvalue weighted by Gasteiger charge is 2.23. The van der Waals surface area contributed by atoms with Crippen LogP contribution in [-0.2, 0) is 0 Å². The van der Waals surface area contributed by atoms with Crippen LogP contribution in [0, 0.1) is 5.92 Å². The van der Waals surface area contributed by atoms with E-state index < -0.39 is 0 Å². The molecule has 20 heavy (non-hydrogen) atoms. The monoisotopic (exact) mass is 282 g/mol. The second-order valence-corrected chi connectivity index (χ2v) is 6.20. The number of likely N-dealkylation sites (tertiary alicyclic amines) is 2. The first-order valence-electron chi connectivity index (χ1n) is 8.12. The summed E-state index contributed by atoms with van der Waals surface area (Å²) in [5, 5.41) is 13.0. The van der Waals surface area contributed by atoms with Gasteiger partial charge in [-0.05, 0) is 45.2 Å². The quantitative estimate of drug-likeness (QED) is 0.577. The maximum absolute atomic E-state index is 9.65. The van der Waals surface area contributed by atoms with Gasteiger partial charge in [-0.25, -0.2) is 0 Å². The molecule has 2 rings (SSSR count). The standard InChI is InChI=1S/C15H30N4O/c1-3-16-15(19-9-6-14(20)12-19)17-10-13(2)11-18-7-4-5-8-18/h13-14,20H,3-12H2,1-2H3,(H,16,17)/t13?,14-/m1/s1. The molecule has 0 saturated carbocycles. The summed E-state index contributed by atoms with van der Waals surface area (Å²) < 4.78 is 0. The lowest BCUT2D eigenvalue weighted by atomic mass is 10.2. The van der Waals surface area contributed by atoms with E-state index in [9.17, 15) is 5.11 Å². The van der Waals surface area contributed by atoms with Gasteiger partial charge in [0.05, 0.1) is 6.10 Å². The highest BCUT2D eigenvalue weighted by atomic mass is 16.3. The van der Waals surface area contributed by atoms with Gasteiger partial charge in [-0.1, -0.05) is 6.92 Å². The van der Waals surface area contributed by atoms with E-state index in [0.717, 1.165) is 38.6 Å². The second-order valence-electron chi connectivity index (χ2n) is 6.20. The topological polar surface area (TPSA) is 51.1 Å². The van der Waals surface area contributed by atoms with Gasteiger partial charge in [0.25, 0.3) is 0 Å².